The topological polar surface area (TPSA) is 52.3 Å². The molecule has 3 heteroatoms. The molecule has 3 nitrogen and oxygen atoms in total. The van der Waals surface area contributed by atoms with E-state index < -0.39 is 0 Å². The molecular formula is C15H21NO2. The zero-order chi connectivity index (χ0) is 13.8. The Bertz CT molecular complexity index is 456. The average Bonchev–Trinajstić information content (AvgIpc) is 2.26. The Morgan fingerprint density at radius 1 is 1.39 bits per heavy atom. The summed E-state index contributed by atoms with van der Waals surface area (Å²) in [6.45, 7) is 8.56. The van der Waals surface area contributed by atoms with Crippen LogP contribution in [-0.2, 0) is 14.9 Å². The second-order valence-corrected chi connectivity index (χ2v) is 5.18. The van der Waals surface area contributed by atoms with Crippen LogP contribution in [-0.4, -0.2) is 12.6 Å². The van der Waals surface area contributed by atoms with Gasteiger partial charge in [-0.2, -0.15) is 0 Å². The van der Waals surface area contributed by atoms with Gasteiger partial charge in [0.25, 0.3) is 0 Å². The minimum Gasteiger partial charge on any atom is -0.463 e. The Kier molecular flexibility index (Phi) is 4.54. The number of ether oxygens (including phenoxy) is 1. The quantitative estimate of drug-likeness (QED) is 0.507. The molecule has 0 heterocycles. The van der Waals surface area contributed by atoms with E-state index in [1.807, 2.05) is 18.2 Å². The van der Waals surface area contributed by atoms with Gasteiger partial charge >= 0.3 is 5.97 Å². The molecule has 1 rings (SSSR count). The van der Waals surface area contributed by atoms with Crippen molar-refractivity contribution >= 4 is 17.7 Å². The first-order valence-corrected chi connectivity index (χ1v) is 6.09. The number of nitrogen functional groups attached to an aromatic ring is 1. The van der Waals surface area contributed by atoms with Crippen molar-refractivity contribution in [2.24, 2.45) is 0 Å². The van der Waals surface area contributed by atoms with Crippen LogP contribution in [0, 0.1) is 0 Å². The fourth-order valence-electron chi connectivity index (χ4n) is 1.53. The van der Waals surface area contributed by atoms with Gasteiger partial charge in [0.2, 0.25) is 0 Å². The zero-order valence-electron chi connectivity index (χ0n) is 11.5. The number of esters is 1. The Hall–Kier alpha value is -1.77. The Morgan fingerprint density at radius 3 is 2.61 bits per heavy atom. The molecule has 2 N–H and O–H groups in total. The lowest BCUT2D eigenvalue weighted by molar-refractivity contribution is -0.137. The highest BCUT2D eigenvalue weighted by Gasteiger charge is 2.14. The molecule has 0 saturated carbocycles. The maximum atomic E-state index is 11.3. The van der Waals surface area contributed by atoms with Gasteiger partial charge in [-0.1, -0.05) is 26.8 Å². The van der Waals surface area contributed by atoms with E-state index in [1.165, 1.54) is 11.6 Å². The second kappa shape index (κ2) is 5.71. The van der Waals surface area contributed by atoms with Gasteiger partial charge in [0.15, 0.2) is 0 Å². The summed E-state index contributed by atoms with van der Waals surface area (Å²) in [5.41, 5.74) is 8.63. The number of nitrogens with two attached hydrogens (primary N) is 1. The molecule has 0 aromatic heterocycles. The summed E-state index contributed by atoms with van der Waals surface area (Å²) in [4.78, 5) is 11.3. The summed E-state index contributed by atoms with van der Waals surface area (Å²) in [5.74, 6) is -0.349. The minimum absolute atomic E-state index is 0.0558. The maximum absolute atomic E-state index is 11.3. The van der Waals surface area contributed by atoms with Gasteiger partial charge < -0.3 is 10.5 Å². The van der Waals surface area contributed by atoms with Crippen molar-refractivity contribution in [1.29, 1.82) is 0 Å². The van der Waals surface area contributed by atoms with Crippen molar-refractivity contribution in [2.75, 3.05) is 12.3 Å². The number of hydrogen-bond acceptors (Lipinski definition) is 3. The molecule has 18 heavy (non-hydrogen) atoms. The van der Waals surface area contributed by atoms with Gasteiger partial charge in [-0.15, -0.1) is 0 Å². The van der Waals surface area contributed by atoms with Crippen LogP contribution < -0.4 is 5.73 Å². The molecule has 0 amide bonds. The molecule has 0 spiro atoms. The SMILES string of the molecule is CCOC(=O)C=Cc1cc(C(C)(C)C)ccc1N. The first-order valence-electron chi connectivity index (χ1n) is 6.09. The fourth-order valence-corrected chi connectivity index (χ4v) is 1.53. The van der Waals surface area contributed by atoms with Crippen molar-refractivity contribution in [3.63, 3.8) is 0 Å². The summed E-state index contributed by atoms with van der Waals surface area (Å²) < 4.78 is 4.83. The van der Waals surface area contributed by atoms with E-state index in [0.717, 1.165) is 5.56 Å². The highest BCUT2D eigenvalue weighted by atomic mass is 16.5. The monoisotopic (exact) mass is 247 g/mol. The number of hydrogen-bond donors (Lipinski definition) is 1. The van der Waals surface area contributed by atoms with Crippen molar-refractivity contribution in [3.05, 3.63) is 35.4 Å². The van der Waals surface area contributed by atoms with E-state index in [1.54, 1.807) is 13.0 Å². The molecule has 1 aromatic carbocycles. The fraction of sp³-hybridized carbons (Fsp3) is 0.400. The van der Waals surface area contributed by atoms with Crippen LogP contribution in [0.2, 0.25) is 0 Å². The lowest BCUT2D eigenvalue weighted by Crippen LogP contribution is -2.11. The zero-order valence-corrected chi connectivity index (χ0v) is 11.5. The molecule has 0 radical (unpaired) electrons. The first-order chi connectivity index (χ1) is 8.34. The molecule has 98 valence electrons. The van der Waals surface area contributed by atoms with Crippen LogP contribution >= 0.6 is 0 Å². The molecule has 0 aliphatic heterocycles. The predicted octanol–water partition coefficient (Wildman–Crippen LogP) is 3.14. The summed E-state index contributed by atoms with van der Waals surface area (Å²) in [6, 6.07) is 5.88. The van der Waals surface area contributed by atoms with E-state index in [9.17, 15) is 4.79 Å². The van der Waals surface area contributed by atoms with E-state index in [4.69, 9.17) is 10.5 Å². The van der Waals surface area contributed by atoms with E-state index >= 15 is 0 Å². The van der Waals surface area contributed by atoms with Crippen LogP contribution in [0.15, 0.2) is 24.3 Å². The Balaban J connectivity index is 2.98. The van der Waals surface area contributed by atoms with Crippen molar-refractivity contribution in [2.45, 2.75) is 33.1 Å². The van der Waals surface area contributed by atoms with Crippen molar-refractivity contribution < 1.29 is 9.53 Å². The molecule has 0 saturated heterocycles. The summed E-state index contributed by atoms with van der Waals surface area (Å²) in [6.07, 6.45) is 3.10. The van der Waals surface area contributed by atoms with Gasteiger partial charge in [-0.05, 0) is 41.7 Å². The number of carbonyl (C=O) groups excluding carboxylic acids is 1. The van der Waals surface area contributed by atoms with Gasteiger partial charge in [-0.3, -0.25) is 0 Å². The molecule has 0 aliphatic carbocycles. The molecule has 0 aliphatic rings. The smallest absolute Gasteiger partial charge is 0.330 e. The maximum Gasteiger partial charge on any atom is 0.330 e. The molecule has 1 aromatic rings. The lowest BCUT2D eigenvalue weighted by atomic mass is 9.86. The molecule has 0 fully saturated rings. The van der Waals surface area contributed by atoms with Gasteiger partial charge in [0, 0.05) is 11.8 Å². The Labute approximate surface area is 109 Å². The third-order valence-corrected chi connectivity index (χ3v) is 2.64. The number of benzene rings is 1. The predicted molar refractivity (Wildman–Crippen MR) is 75.2 cm³/mol. The largest absolute Gasteiger partial charge is 0.463 e. The number of rotatable bonds is 3. The van der Waals surface area contributed by atoms with Crippen molar-refractivity contribution in [1.82, 2.24) is 0 Å². The average molecular weight is 247 g/mol. The lowest BCUT2D eigenvalue weighted by Gasteiger charge is -2.20. The Morgan fingerprint density at radius 2 is 2.06 bits per heavy atom. The first kappa shape index (κ1) is 14.3. The van der Waals surface area contributed by atoms with E-state index in [-0.39, 0.29) is 11.4 Å². The molecule has 0 unspecified atom stereocenters. The third-order valence-electron chi connectivity index (χ3n) is 2.64. The van der Waals surface area contributed by atoms with E-state index in [2.05, 4.69) is 20.8 Å². The molecule has 0 bridgehead atoms. The highest BCUT2D eigenvalue weighted by Crippen LogP contribution is 2.26. The van der Waals surface area contributed by atoms with Gasteiger partial charge in [0.05, 0.1) is 6.61 Å². The number of anilines is 1. The van der Waals surface area contributed by atoms with Crippen LogP contribution in [0.1, 0.15) is 38.8 Å². The van der Waals surface area contributed by atoms with Crippen LogP contribution in [0.25, 0.3) is 6.08 Å². The summed E-state index contributed by atoms with van der Waals surface area (Å²) in [5, 5.41) is 0. The second-order valence-electron chi connectivity index (χ2n) is 5.18. The molecule has 0 atom stereocenters. The standard InChI is InChI=1S/C15H21NO2/c1-5-18-14(17)9-6-11-10-12(15(2,3)4)7-8-13(11)16/h6-10H,5,16H2,1-4H3. The third kappa shape index (κ3) is 3.91. The summed E-state index contributed by atoms with van der Waals surface area (Å²) in [7, 11) is 0. The highest BCUT2D eigenvalue weighted by molar-refractivity contribution is 5.88. The normalized spacial score (nSPS) is 11.8. The van der Waals surface area contributed by atoms with Gasteiger partial charge in [0.1, 0.15) is 0 Å². The summed E-state index contributed by atoms with van der Waals surface area (Å²) >= 11 is 0. The van der Waals surface area contributed by atoms with Gasteiger partial charge in [-0.25, -0.2) is 4.79 Å². The molecular weight excluding hydrogens is 226 g/mol. The van der Waals surface area contributed by atoms with Crippen LogP contribution in [0.3, 0.4) is 0 Å². The van der Waals surface area contributed by atoms with Crippen molar-refractivity contribution in [3.8, 4) is 0 Å². The minimum atomic E-state index is -0.349. The van der Waals surface area contributed by atoms with Crippen LogP contribution in [0.4, 0.5) is 5.69 Å². The van der Waals surface area contributed by atoms with Crippen LogP contribution in [0.5, 0.6) is 0 Å². The van der Waals surface area contributed by atoms with E-state index in [0.29, 0.717) is 12.3 Å². The number of carbonyl (C=O) groups is 1.